The Morgan fingerprint density at radius 1 is 1.44 bits per heavy atom. The molecule has 2 atom stereocenters. The number of rotatable bonds is 3. The monoisotopic (exact) mass is 214 g/mol. The molecule has 0 saturated carbocycles. The number of nitriles is 1. The van der Waals surface area contributed by atoms with Gasteiger partial charge in [-0.3, -0.25) is 0 Å². The quantitative estimate of drug-likeness (QED) is 0.773. The van der Waals surface area contributed by atoms with Crippen molar-refractivity contribution in [1.82, 2.24) is 4.90 Å². The lowest BCUT2D eigenvalue weighted by Crippen LogP contribution is -2.25. The van der Waals surface area contributed by atoms with Gasteiger partial charge >= 0.3 is 0 Å². The van der Waals surface area contributed by atoms with Crippen molar-refractivity contribution in [2.75, 3.05) is 19.6 Å². The lowest BCUT2D eigenvalue weighted by Gasteiger charge is -2.19. The molecule has 1 fully saturated rings. The van der Waals surface area contributed by atoms with Crippen LogP contribution in [0.1, 0.15) is 24.8 Å². The van der Waals surface area contributed by atoms with Crippen LogP contribution in [0.5, 0.6) is 0 Å². The van der Waals surface area contributed by atoms with Gasteiger partial charge in [-0.1, -0.05) is 37.3 Å². The second-order valence-corrected chi connectivity index (χ2v) is 4.75. The molecule has 1 aromatic carbocycles. The van der Waals surface area contributed by atoms with Gasteiger partial charge in [-0.25, -0.2) is 0 Å². The number of hydrogen-bond acceptors (Lipinski definition) is 2. The van der Waals surface area contributed by atoms with Crippen LogP contribution in [0.3, 0.4) is 0 Å². The molecule has 2 unspecified atom stereocenters. The van der Waals surface area contributed by atoms with Gasteiger partial charge in [0.05, 0.1) is 12.0 Å². The van der Waals surface area contributed by atoms with Crippen LogP contribution in [0.2, 0.25) is 0 Å². The summed E-state index contributed by atoms with van der Waals surface area (Å²) in [5.41, 5.74) is 1.14. The first-order valence-electron chi connectivity index (χ1n) is 5.96. The Bertz CT molecular complexity index is 366. The van der Waals surface area contributed by atoms with Crippen LogP contribution in [0.25, 0.3) is 0 Å². The molecule has 0 bridgehead atoms. The van der Waals surface area contributed by atoms with Gasteiger partial charge in [0.2, 0.25) is 0 Å². The first-order valence-corrected chi connectivity index (χ1v) is 5.96. The molecule has 0 spiro atoms. The van der Waals surface area contributed by atoms with Crippen LogP contribution < -0.4 is 0 Å². The first-order chi connectivity index (χ1) is 7.79. The van der Waals surface area contributed by atoms with Gasteiger partial charge in [-0.2, -0.15) is 5.26 Å². The molecule has 1 heterocycles. The third kappa shape index (κ3) is 2.62. The van der Waals surface area contributed by atoms with E-state index in [2.05, 4.69) is 17.9 Å². The number of hydrogen-bond donors (Lipinski definition) is 0. The van der Waals surface area contributed by atoms with Crippen molar-refractivity contribution in [1.29, 1.82) is 5.26 Å². The van der Waals surface area contributed by atoms with Crippen LogP contribution in [-0.2, 0) is 0 Å². The maximum absolute atomic E-state index is 9.23. The summed E-state index contributed by atoms with van der Waals surface area (Å²) in [5, 5.41) is 9.23. The fourth-order valence-electron chi connectivity index (χ4n) is 2.36. The Morgan fingerprint density at radius 2 is 2.19 bits per heavy atom. The topological polar surface area (TPSA) is 27.0 Å². The van der Waals surface area contributed by atoms with Gasteiger partial charge in [0, 0.05) is 13.1 Å². The summed E-state index contributed by atoms with van der Waals surface area (Å²) in [7, 11) is 0. The lowest BCUT2D eigenvalue weighted by molar-refractivity contribution is 0.321. The van der Waals surface area contributed by atoms with E-state index in [0.717, 1.165) is 31.1 Å². The maximum Gasteiger partial charge on any atom is 0.0839 e. The number of likely N-dealkylation sites (tertiary alicyclic amines) is 1. The summed E-state index contributed by atoms with van der Waals surface area (Å²) in [6, 6.07) is 12.5. The molecule has 2 nitrogen and oxygen atoms in total. The van der Waals surface area contributed by atoms with Crippen molar-refractivity contribution in [3.8, 4) is 6.07 Å². The van der Waals surface area contributed by atoms with E-state index in [4.69, 9.17) is 0 Å². The maximum atomic E-state index is 9.23. The Labute approximate surface area is 97.5 Å². The third-order valence-electron chi connectivity index (χ3n) is 3.31. The molecule has 84 valence electrons. The minimum absolute atomic E-state index is 0.0199. The van der Waals surface area contributed by atoms with Gasteiger partial charge in [0.1, 0.15) is 0 Å². The second kappa shape index (κ2) is 5.14. The first kappa shape index (κ1) is 11.2. The van der Waals surface area contributed by atoms with Crippen molar-refractivity contribution in [2.45, 2.75) is 19.3 Å². The largest absolute Gasteiger partial charge is 0.301 e. The van der Waals surface area contributed by atoms with Crippen molar-refractivity contribution in [2.24, 2.45) is 5.92 Å². The van der Waals surface area contributed by atoms with E-state index < -0.39 is 0 Å². The third-order valence-corrected chi connectivity index (χ3v) is 3.31. The fourth-order valence-corrected chi connectivity index (χ4v) is 2.36. The Balaban J connectivity index is 1.99. The zero-order valence-corrected chi connectivity index (χ0v) is 9.76. The van der Waals surface area contributed by atoms with Crippen molar-refractivity contribution in [3.63, 3.8) is 0 Å². The highest BCUT2D eigenvalue weighted by Gasteiger charge is 2.22. The molecule has 0 radical (unpaired) electrons. The average molecular weight is 214 g/mol. The summed E-state index contributed by atoms with van der Waals surface area (Å²) in [4.78, 5) is 2.41. The van der Waals surface area contributed by atoms with E-state index in [1.165, 1.54) is 6.42 Å². The molecule has 2 heteroatoms. The number of benzene rings is 1. The van der Waals surface area contributed by atoms with Gasteiger partial charge in [-0.05, 0) is 24.4 Å². The lowest BCUT2D eigenvalue weighted by atomic mass is 10.0. The second-order valence-electron chi connectivity index (χ2n) is 4.75. The molecule has 1 aliphatic rings. The van der Waals surface area contributed by atoms with E-state index >= 15 is 0 Å². The molecule has 0 aromatic heterocycles. The Kier molecular flexibility index (Phi) is 3.58. The van der Waals surface area contributed by atoms with Crippen molar-refractivity contribution >= 4 is 0 Å². The van der Waals surface area contributed by atoms with Crippen molar-refractivity contribution < 1.29 is 0 Å². The van der Waals surface area contributed by atoms with Crippen LogP contribution in [0, 0.1) is 17.2 Å². The van der Waals surface area contributed by atoms with Gasteiger partial charge in [-0.15, -0.1) is 0 Å². The molecule has 0 N–H and O–H groups in total. The van der Waals surface area contributed by atoms with Crippen molar-refractivity contribution in [3.05, 3.63) is 35.9 Å². The molecule has 16 heavy (non-hydrogen) atoms. The van der Waals surface area contributed by atoms with E-state index in [1.807, 2.05) is 30.3 Å². The predicted molar refractivity (Wildman–Crippen MR) is 65.0 cm³/mol. The molecular formula is C14H18N2. The highest BCUT2D eigenvalue weighted by atomic mass is 15.1. The summed E-state index contributed by atoms with van der Waals surface area (Å²) < 4.78 is 0. The normalized spacial score (nSPS) is 22.9. The fraction of sp³-hybridized carbons (Fsp3) is 0.500. The molecule has 1 saturated heterocycles. The molecule has 2 rings (SSSR count). The van der Waals surface area contributed by atoms with E-state index in [0.29, 0.717) is 0 Å². The molecule has 0 amide bonds. The SMILES string of the molecule is CC1CCN(CC(C#N)c2ccccc2)C1. The highest BCUT2D eigenvalue weighted by molar-refractivity contribution is 5.25. The minimum Gasteiger partial charge on any atom is -0.301 e. The van der Waals surface area contributed by atoms with Crippen LogP contribution in [-0.4, -0.2) is 24.5 Å². The molecule has 1 aromatic rings. The summed E-state index contributed by atoms with van der Waals surface area (Å²) in [6.07, 6.45) is 1.27. The molecule has 0 aliphatic carbocycles. The molecule has 1 aliphatic heterocycles. The van der Waals surface area contributed by atoms with Gasteiger partial charge in [0.25, 0.3) is 0 Å². The standard InChI is InChI=1S/C14H18N2/c1-12-7-8-16(10-12)11-14(9-15)13-5-3-2-4-6-13/h2-6,12,14H,7-8,10-11H2,1H3. The minimum atomic E-state index is 0.0199. The van der Waals surface area contributed by atoms with Gasteiger partial charge in [0.15, 0.2) is 0 Å². The summed E-state index contributed by atoms with van der Waals surface area (Å²) in [6.45, 7) is 5.45. The smallest absolute Gasteiger partial charge is 0.0839 e. The summed E-state index contributed by atoms with van der Waals surface area (Å²) in [5.74, 6) is 0.807. The molecular weight excluding hydrogens is 196 g/mol. The Hall–Kier alpha value is -1.33. The zero-order valence-electron chi connectivity index (χ0n) is 9.76. The predicted octanol–water partition coefficient (Wildman–Crippen LogP) is 2.64. The number of nitrogens with zero attached hydrogens (tertiary/aromatic N) is 2. The van der Waals surface area contributed by atoms with E-state index in [9.17, 15) is 5.26 Å². The van der Waals surface area contributed by atoms with Crippen LogP contribution >= 0.6 is 0 Å². The Morgan fingerprint density at radius 3 is 2.75 bits per heavy atom. The van der Waals surface area contributed by atoms with E-state index in [-0.39, 0.29) is 5.92 Å². The highest BCUT2D eigenvalue weighted by Crippen LogP contribution is 2.21. The van der Waals surface area contributed by atoms with E-state index in [1.54, 1.807) is 0 Å². The van der Waals surface area contributed by atoms with Crippen LogP contribution in [0.4, 0.5) is 0 Å². The van der Waals surface area contributed by atoms with Gasteiger partial charge < -0.3 is 4.90 Å². The zero-order chi connectivity index (χ0) is 11.4. The summed E-state index contributed by atoms with van der Waals surface area (Å²) >= 11 is 0. The average Bonchev–Trinajstić information content (AvgIpc) is 2.73. The van der Waals surface area contributed by atoms with Crippen LogP contribution in [0.15, 0.2) is 30.3 Å².